The quantitative estimate of drug-likeness (QED) is 0.236. The fourth-order valence-electron chi connectivity index (χ4n) is 2.82. The molecular formula is C21H15N3O5S. The summed E-state index contributed by atoms with van der Waals surface area (Å²) in [5, 5.41) is 20.5. The zero-order valence-electron chi connectivity index (χ0n) is 15.7. The molecule has 0 saturated carbocycles. The molecule has 4 rings (SSSR count). The summed E-state index contributed by atoms with van der Waals surface area (Å²) in [7, 11) is 0. The van der Waals surface area contributed by atoms with Crippen molar-refractivity contribution in [2.75, 3.05) is 0 Å². The molecule has 150 valence electrons. The SMILES string of the molecule is CC(OC(=O)c1sccc1-c1ccccc1)c1nnc(-c2ccc([N+](=O)[O-])cc2)o1. The third-order valence-electron chi connectivity index (χ3n) is 4.33. The molecule has 0 spiro atoms. The molecule has 0 aliphatic carbocycles. The summed E-state index contributed by atoms with van der Waals surface area (Å²) < 4.78 is 11.1. The molecule has 0 aliphatic rings. The van der Waals surface area contributed by atoms with Crippen LogP contribution in [0.25, 0.3) is 22.6 Å². The normalized spacial score (nSPS) is 11.8. The van der Waals surface area contributed by atoms with Crippen molar-refractivity contribution >= 4 is 23.0 Å². The van der Waals surface area contributed by atoms with Gasteiger partial charge in [-0.3, -0.25) is 10.1 Å². The molecule has 4 aromatic rings. The topological polar surface area (TPSA) is 108 Å². The highest BCUT2D eigenvalue weighted by Crippen LogP contribution is 2.31. The lowest BCUT2D eigenvalue weighted by Gasteiger charge is -2.10. The van der Waals surface area contributed by atoms with Crippen LogP contribution in [-0.4, -0.2) is 21.1 Å². The zero-order chi connectivity index (χ0) is 21.1. The number of ether oxygens (including phenoxy) is 1. The Morgan fingerprint density at radius 2 is 1.80 bits per heavy atom. The Labute approximate surface area is 174 Å². The fraction of sp³-hybridized carbons (Fsp3) is 0.0952. The Morgan fingerprint density at radius 1 is 1.07 bits per heavy atom. The van der Waals surface area contributed by atoms with Crippen LogP contribution in [0.4, 0.5) is 5.69 Å². The molecule has 0 fully saturated rings. The molecular weight excluding hydrogens is 406 g/mol. The number of thiophene rings is 1. The van der Waals surface area contributed by atoms with E-state index in [1.165, 1.54) is 35.6 Å². The van der Waals surface area contributed by atoms with Gasteiger partial charge in [0.2, 0.25) is 5.89 Å². The minimum absolute atomic E-state index is 0.0362. The molecule has 0 amide bonds. The fourth-order valence-corrected chi connectivity index (χ4v) is 3.62. The molecule has 2 aromatic carbocycles. The summed E-state index contributed by atoms with van der Waals surface area (Å²) in [6, 6.07) is 17.2. The molecule has 8 nitrogen and oxygen atoms in total. The molecule has 0 N–H and O–H groups in total. The maximum Gasteiger partial charge on any atom is 0.349 e. The number of aromatic nitrogens is 2. The van der Waals surface area contributed by atoms with E-state index in [0.717, 1.165) is 11.1 Å². The van der Waals surface area contributed by atoms with Gasteiger partial charge in [0.1, 0.15) is 4.88 Å². The van der Waals surface area contributed by atoms with Crippen LogP contribution in [0.1, 0.15) is 28.6 Å². The number of carbonyl (C=O) groups is 1. The van der Waals surface area contributed by atoms with Gasteiger partial charge < -0.3 is 9.15 Å². The molecule has 0 radical (unpaired) electrons. The van der Waals surface area contributed by atoms with Crippen LogP contribution in [0.5, 0.6) is 0 Å². The molecule has 2 aromatic heterocycles. The summed E-state index contributed by atoms with van der Waals surface area (Å²) in [4.78, 5) is 23.5. The van der Waals surface area contributed by atoms with Crippen molar-refractivity contribution in [2.24, 2.45) is 0 Å². The van der Waals surface area contributed by atoms with Gasteiger partial charge in [0.25, 0.3) is 11.6 Å². The first-order valence-corrected chi connectivity index (χ1v) is 9.83. The average molecular weight is 421 g/mol. The number of rotatable bonds is 6. The maximum absolute atomic E-state index is 12.7. The predicted octanol–water partition coefficient (Wildman–Crippen LogP) is 5.29. The van der Waals surface area contributed by atoms with Gasteiger partial charge in [-0.15, -0.1) is 21.5 Å². The number of non-ortho nitro benzene ring substituents is 1. The molecule has 0 bridgehead atoms. The lowest BCUT2D eigenvalue weighted by atomic mass is 10.1. The predicted molar refractivity (Wildman–Crippen MR) is 110 cm³/mol. The van der Waals surface area contributed by atoms with E-state index in [9.17, 15) is 14.9 Å². The van der Waals surface area contributed by atoms with Gasteiger partial charge in [-0.05, 0) is 36.1 Å². The Hall–Kier alpha value is -3.85. The second-order valence-electron chi connectivity index (χ2n) is 6.33. The third-order valence-corrected chi connectivity index (χ3v) is 5.23. The highest BCUT2D eigenvalue weighted by atomic mass is 32.1. The summed E-state index contributed by atoms with van der Waals surface area (Å²) in [5.41, 5.74) is 2.22. The molecule has 1 atom stereocenters. The standard InChI is InChI=1S/C21H15N3O5S/c1-13(19-22-23-20(29-19)15-7-9-16(10-8-15)24(26)27)28-21(25)18-17(11-12-30-18)14-5-3-2-4-6-14/h2-13H,1H3. The number of hydrogen-bond donors (Lipinski definition) is 0. The Morgan fingerprint density at radius 3 is 2.50 bits per heavy atom. The first-order valence-electron chi connectivity index (χ1n) is 8.95. The first kappa shape index (κ1) is 19.5. The van der Waals surface area contributed by atoms with Gasteiger partial charge in [-0.1, -0.05) is 30.3 Å². The van der Waals surface area contributed by atoms with E-state index in [0.29, 0.717) is 10.4 Å². The highest BCUT2D eigenvalue weighted by molar-refractivity contribution is 7.12. The van der Waals surface area contributed by atoms with Crippen LogP contribution < -0.4 is 0 Å². The van der Waals surface area contributed by atoms with E-state index in [1.807, 2.05) is 41.8 Å². The number of esters is 1. The first-order chi connectivity index (χ1) is 14.5. The summed E-state index contributed by atoms with van der Waals surface area (Å²) in [6.45, 7) is 1.64. The second-order valence-corrected chi connectivity index (χ2v) is 7.24. The van der Waals surface area contributed by atoms with Gasteiger partial charge in [0.05, 0.1) is 4.92 Å². The average Bonchev–Trinajstić information content (AvgIpc) is 3.44. The van der Waals surface area contributed by atoms with E-state index >= 15 is 0 Å². The molecule has 0 saturated heterocycles. The van der Waals surface area contributed by atoms with Gasteiger partial charge in [0, 0.05) is 23.3 Å². The Balaban J connectivity index is 1.49. The van der Waals surface area contributed by atoms with Gasteiger partial charge >= 0.3 is 5.97 Å². The molecule has 1 unspecified atom stereocenters. The second kappa shape index (κ2) is 8.26. The highest BCUT2D eigenvalue weighted by Gasteiger charge is 2.23. The van der Waals surface area contributed by atoms with Crippen LogP contribution in [0, 0.1) is 10.1 Å². The zero-order valence-corrected chi connectivity index (χ0v) is 16.5. The molecule has 0 aliphatic heterocycles. The van der Waals surface area contributed by atoms with Crippen molar-refractivity contribution in [1.82, 2.24) is 10.2 Å². The van der Waals surface area contributed by atoms with E-state index in [-0.39, 0.29) is 17.5 Å². The minimum Gasteiger partial charge on any atom is -0.448 e. The number of nitrogens with zero attached hydrogens (tertiary/aromatic N) is 3. The minimum atomic E-state index is -0.762. The van der Waals surface area contributed by atoms with E-state index in [4.69, 9.17) is 9.15 Å². The number of nitro groups is 1. The maximum atomic E-state index is 12.7. The molecule has 30 heavy (non-hydrogen) atoms. The van der Waals surface area contributed by atoms with E-state index in [2.05, 4.69) is 10.2 Å². The van der Waals surface area contributed by atoms with Crippen molar-refractivity contribution in [3.8, 4) is 22.6 Å². The van der Waals surface area contributed by atoms with Crippen molar-refractivity contribution in [2.45, 2.75) is 13.0 Å². The smallest absolute Gasteiger partial charge is 0.349 e. The summed E-state index contributed by atoms with van der Waals surface area (Å²) >= 11 is 1.30. The monoisotopic (exact) mass is 421 g/mol. The Kier molecular flexibility index (Phi) is 5.36. The van der Waals surface area contributed by atoms with Crippen LogP contribution in [0.15, 0.2) is 70.5 Å². The summed E-state index contributed by atoms with van der Waals surface area (Å²) in [6.07, 6.45) is -0.762. The van der Waals surface area contributed by atoms with E-state index < -0.39 is 17.0 Å². The van der Waals surface area contributed by atoms with Crippen LogP contribution in [0.3, 0.4) is 0 Å². The van der Waals surface area contributed by atoms with Gasteiger partial charge in [-0.25, -0.2) is 4.79 Å². The van der Waals surface area contributed by atoms with E-state index in [1.54, 1.807) is 6.92 Å². The third kappa shape index (κ3) is 3.96. The van der Waals surface area contributed by atoms with Crippen molar-refractivity contribution < 1.29 is 18.9 Å². The largest absolute Gasteiger partial charge is 0.448 e. The molecule has 2 heterocycles. The van der Waals surface area contributed by atoms with Crippen LogP contribution >= 0.6 is 11.3 Å². The van der Waals surface area contributed by atoms with Crippen molar-refractivity contribution in [1.29, 1.82) is 0 Å². The Bertz CT molecular complexity index is 1180. The number of hydrogen-bond acceptors (Lipinski definition) is 8. The number of carbonyl (C=O) groups excluding carboxylic acids is 1. The van der Waals surface area contributed by atoms with Crippen LogP contribution in [-0.2, 0) is 4.74 Å². The number of benzene rings is 2. The number of nitro benzene ring substituents is 1. The van der Waals surface area contributed by atoms with Gasteiger partial charge in [-0.2, -0.15) is 0 Å². The van der Waals surface area contributed by atoms with Gasteiger partial charge in [0.15, 0.2) is 6.10 Å². The van der Waals surface area contributed by atoms with Crippen molar-refractivity contribution in [3.63, 3.8) is 0 Å². The lowest BCUT2D eigenvalue weighted by molar-refractivity contribution is -0.384. The lowest BCUT2D eigenvalue weighted by Crippen LogP contribution is -2.09. The molecule has 9 heteroatoms. The van der Waals surface area contributed by atoms with Crippen molar-refractivity contribution in [3.05, 3.63) is 86.9 Å². The van der Waals surface area contributed by atoms with Crippen LogP contribution in [0.2, 0.25) is 0 Å². The summed E-state index contributed by atoms with van der Waals surface area (Å²) in [5.74, 6) is -0.162.